The third kappa shape index (κ3) is 2.11. The zero-order chi connectivity index (χ0) is 12.5. The van der Waals surface area contributed by atoms with Gasteiger partial charge in [-0.05, 0) is 42.1 Å². The highest BCUT2D eigenvalue weighted by Gasteiger charge is 2.12. The Hall–Kier alpha value is -1.46. The van der Waals surface area contributed by atoms with Crippen molar-refractivity contribution in [2.24, 2.45) is 0 Å². The lowest BCUT2D eigenvalue weighted by atomic mass is 10.1. The van der Waals surface area contributed by atoms with E-state index in [9.17, 15) is 0 Å². The summed E-state index contributed by atoms with van der Waals surface area (Å²) in [5.41, 5.74) is 2.10. The Balaban J connectivity index is 2.03. The van der Waals surface area contributed by atoms with Crippen molar-refractivity contribution in [3.8, 4) is 22.2 Å². The average Bonchev–Trinajstić information content (AvgIpc) is 2.99. The number of hydrogen-bond acceptors (Lipinski definition) is 4. The van der Waals surface area contributed by atoms with Crippen LogP contribution in [0.5, 0.6) is 0 Å². The molecule has 1 aromatic carbocycles. The number of thiophene rings is 1. The van der Waals surface area contributed by atoms with Crippen LogP contribution < -0.4 is 0 Å². The molecule has 0 unspecified atom stereocenters. The Morgan fingerprint density at radius 1 is 1.28 bits per heavy atom. The molecule has 2 aromatic heterocycles. The van der Waals surface area contributed by atoms with Gasteiger partial charge in [-0.2, -0.15) is 4.98 Å². The maximum atomic E-state index is 5.29. The molecule has 0 radical (unpaired) electrons. The molecule has 0 aliphatic rings. The molecule has 5 heteroatoms. The van der Waals surface area contributed by atoms with Crippen LogP contribution in [0.1, 0.15) is 5.56 Å². The molecule has 3 aromatic rings. The summed E-state index contributed by atoms with van der Waals surface area (Å²) < 4.78 is 6.33. The monoisotopic (exact) mass is 320 g/mol. The van der Waals surface area contributed by atoms with Gasteiger partial charge in [-0.15, -0.1) is 11.3 Å². The fourth-order valence-corrected chi connectivity index (χ4v) is 2.83. The van der Waals surface area contributed by atoms with Crippen molar-refractivity contribution in [1.82, 2.24) is 10.1 Å². The highest BCUT2D eigenvalue weighted by molar-refractivity contribution is 9.10. The fourth-order valence-electron chi connectivity index (χ4n) is 1.71. The average molecular weight is 321 g/mol. The van der Waals surface area contributed by atoms with Gasteiger partial charge in [-0.1, -0.05) is 27.2 Å². The molecule has 0 saturated carbocycles. The minimum Gasteiger partial charge on any atom is -0.333 e. The van der Waals surface area contributed by atoms with Crippen LogP contribution in [0, 0.1) is 6.92 Å². The number of aromatic nitrogens is 2. The highest BCUT2D eigenvalue weighted by atomic mass is 79.9. The van der Waals surface area contributed by atoms with Crippen LogP contribution in [0.15, 0.2) is 44.7 Å². The van der Waals surface area contributed by atoms with Gasteiger partial charge < -0.3 is 4.52 Å². The van der Waals surface area contributed by atoms with Gasteiger partial charge >= 0.3 is 0 Å². The summed E-state index contributed by atoms with van der Waals surface area (Å²) in [6.07, 6.45) is 0. The molecule has 90 valence electrons. The van der Waals surface area contributed by atoms with Gasteiger partial charge in [0.15, 0.2) is 0 Å². The molecule has 3 rings (SSSR count). The lowest BCUT2D eigenvalue weighted by Gasteiger charge is -2.00. The first-order valence-electron chi connectivity index (χ1n) is 5.38. The molecule has 0 aliphatic carbocycles. The van der Waals surface area contributed by atoms with E-state index in [1.165, 1.54) is 0 Å². The third-order valence-electron chi connectivity index (χ3n) is 2.59. The smallest absolute Gasteiger partial charge is 0.268 e. The van der Waals surface area contributed by atoms with E-state index in [4.69, 9.17) is 4.52 Å². The molecular formula is C13H9BrN2OS. The maximum absolute atomic E-state index is 5.29. The van der Waals surface area contributed by atoms with E-state index in [0.717, 1.165) is 20.5 Å². The number of aryl methyl sites for hydroxylation is 1. The van der Waals surface area contributed by atoms with Gasteiger partial charge in [-0.25, -0.2) is 0 Å². The number of halogens is 1. The van der Waals surface area contributed by atoms with Crippen LogP contribution in [-0.2, 0) is 0 Å². The zero-order valence-corrected chi connectivity index (χ0v) is 12.0. The van der Waals surface area contributed by atoms with Crippen LogP contribution in [0.3, 0.4) is 0 Å². The van der Waals surface area contributed by atoms with Crippen molar-refractivity contribution in [3.05, 3.63) is 45.7 Å². The van der Waals surface area contributed by atoms with Gasteiger partial charge in [0.1, 0.15) is 0 Å². The van der Waals surface area contributed by atoms with Crippen molar-refractivity contribution in [2.45, 2.75) is 6.92 Å². The van der Waals surface area contributed by atoms with E-state index in [1.54, 1.807) is 11.3 Å². The van der Waals surface area contributed by atoms with Gasteiger partial charge in [0.25, 0.3) is 5.89 Å². The van der Waals surface area contributed by atoms with Gasteiger partial charge in [0.05, 0.1) is 4.88 Å². The first kappa shape index (κ1) is 11.6. The quantitative estimate of drug-likeness (QED) is 0.696. The standard InChI is InChI=1S/C13H9BrN2OS/c1-8-7-9(14)4-5-10(8)12-15-13(17-16-12)11-3-2-6-18-11/h2-7H,1H3. The second-order valence-electron chi connectivity index (χ2n) is 3.86. The van der Waals surface area contributed by atoms with Crippen LogP contribution in [0.4, 0.5) is 0 Å². The van der Waals surface area contributed by atoms with E-state index in [1.807, 2.05) is 42.6 Å². The molecule has 0 spiro atoms. The van der Waals surface area contributed by atoms with Crippen molar-refractivity contribution < 1.29 is 4.52 Å². The Bertz CT molecular complexity index is 676. The summed E-state index contributed by atoms with van der Waals surface area (Å²) in [7, 11) is 0. The summed E-state index contributed by atoms with van der Waals surface area (Å²) >= 11 is 5.03. The van der Waals surface area contributed by atoms with Crippen molar-refractivity contribution >= 4 is 27.3 Å². The number of hydrogen-bond donors (Lipinski definition) is 0. The van der Waals surface area contributed by atoms with Gasteiger partial charge in [-0.3, -0.25) is 0 Å². The van der Waals surface area contributed by atoms with Crippen LogP contribution in [0.25, 0.3) is 22.2 Å². The topological polar surface area (TPSA) is 38.9 Å². The molecular weight excluding hydrogens is 312 g/mol. The molecule has 0 fully saturated rings. The van der Waals surface area contributed by atoms with Crippen LogP contribution in [-0.4, -0.2) is 10.1 Å². The minimum atomic E-state index is 0.572. The largest absolute Gasteiger partial charge is 0.333 e. The molecule has 0 amide bonds. The second kappa shape index (κ2) is 4.66. The second-order valence-corrected chi connectivity index (χ2v) is 5.72. The lowest BCUT2D eigenvalue weighted by Crippen LogP contribution is -1.85. The fraction of sp³-hybridized carbons (Fsp3) is 0.0769. The summed E-state index contributed by atoms with van der Waals surface area (Å²) in [5, 5.41) is 6.03. The number of benzene rings is 1. The molecule has 0 saturated heterocycles. The Morgan fingerprint density at radius 3 is 2.89 bits per heavy atom. The summed E-state index contributed by atoms with van der Waals surface area (Å²) in [6, 6.07) is 9.94. The van der Waals surface area contributed by atoms with Crippen LogP contribution >= 0.6 is 27.3 Å². The minimum absolute atomic E-state index is 0.572. The summed E-state index contributed by atoms with van der Waals surface area (Å²) in [4.78, 5) is 5.42. The third-order valence-corrected chi connectivity index (χ3v) is 3.94. The molecule has 0 atom stereocenters. The lowest BCUT2D eigenvalue weighted by molar-refractivity contribution is 0.433. The van der Waals surface area contributed by atoms with E-state index in [0.29, 0.717) is 11.7 Å². The normalized spacial score (nSPS) is 10.8. The van der Waals surface area contributed by atoms with Gasteiger partial charge in [0, 0.05) is 10.0 Å². The van der Waals surface area contributed by atoms with Gasteiger partial charge in [0.2, 0.25) is 5.82 Å². The van der Waals surface area contributed by atoms with E-state index < -0.39 is 0 Å². The molecule has 0 bridgehead atoms. The molecule has 3 nitrogen and oxygen atoms in total. The predicted molar refractivity (Wildman–Crippen MR) is 75.5 cm³/mol. The SMILES string of the molecule is Cc1cc(Br)ccc1-c1noc(-c2cccs2)n1. The molecule has 0 N–H and O–H groups in total. The van der Waals surface area contributed by atoms with E-state index in [2.05, 4.69) is 26.1 Å². The van der Waals surface area contributed by atoms with E-state index >= 15 is 0 Å². The van der Waals surface area contributed by atoms with Crippen molar-refractivity contribution in [3.63, 3.8) is 0 Å². The Kier molecular flexibility index (Phi) is 3.01. The summed E-state index contributed by atoms with van der Waals surface area (Å²) in [5.74, 6) is 1.20. The predicted octanol–water partition coefficient (Wildman–Crippen LogP) is 4.54. The number of nitrogens with zero attached hydrogens (tertiary/aromatic N) is 2. The molecule has 2 heterocycles. The first-order chi connectivity index (χ1) is 8.74. The van der Waals surface area contributed by atoms with E-state index in [-0.39, 0.29) is 0 Å². The van der Waals surface area contributed by atoms with Crippen molar-refractivity contribution in [2.75, 3.05) is 0 Å². The first-order valence-corrected chi connectivity index (χ1v) is 7.05. The van der Waals surface area contributed by atoms with Crippen molar-refractivity contribution in [1.29, 1.82) is 0 Å². The number of rotatable bonds is 2. The van der Waals surface area contributed by atoms with Crippen LogP contribution in [0.2, 0.25) is 0 Å². The Labute approximate surface area is 117 Å². The Morgan fingerprint density at radius 2 is 2.17 bits per heavy atom. The maximum Gasteiger partial charge on any atom is 0.268 e. The summed E-state index contributed by atoms with van der Waals surface area (Å²) in [6.45, 7) is 2.03. The zero-order valence-electron chi connectivity index (χ0n) is 9.55. The molecule has 0 aliphatic heterocycles. The highest BCUT2D eigenvalue weighted by Crippen LogP contribution is 2.28. The molecule has 18 heavy (non-hydrogen) atoms.